The van der Waals surface area contributed by atoms with Crippen LogP contribution in [0.25, 0.3) is 10.2 Å². The van der Waals surface area contributed by atoms with Crippen molar-refractivity contribution >= 4 is 32.6 Å². The molecule has 6 heteroatoms. The van der Waals surface area contributed by atoms with Gasteiger partial charge in [0.15, 0.2) is 16.7 Å². The fourth-order valence-electron chi connectivity index (χ4n) is 2.39. The van der Waals surface area contributed by atoms with Crippen LogP contribution < -0.4 is 9.64 Å². The molecule has 0 aliphatic carbocycles. The Morgan fingerprint density at radius 3 is 2.79 bits per heavy atom. The number of fused-ring (bicyclic) bond motifs is 1. The van der Waals surface area contributed by atoms with Gasteiger partial charge in [0.1, 0.15) is 0 Å². The summed E-state index contributed by atoms with van der Waals surface area (Å²) in [5.41, 5.74) is 1.65. The summed E-state index contributed by atoms with van der Waals surface area (Å²) in [6.07, 6.45) is 0.757. The molecule has 0 bridgehead atoms. The summed E-state index contributed by atoms with van der Waals surface area (Å²) in [5.74, 6) is -0.260. The minimum Gasteiger partial charge on any atom is -0.494 e. The first kappa shape index (κ1) is 16.4. The highest BCUT2D eigenvalue weighted by molar-refractivity contribution is 7.22. The molecule has 0 aliphatic heterocycles. The molecule has 0 saturated carbocycles. The molecule has 3 aromatic rings. The van der Waals surface area contributed by atoms with Gasteiger partial charge < -0.3 is 4.74 Å². The van der Waals surface area contributed by atoms with E-state index in [1.54, 1.807) is 24.1 Å². The van der Waals surface area contributed by atoms with E-state index in [4.69, 9.17) is 4.74 Å². The van der Waals surface area contributed by atoms with Crippen molar-refractivity contribution in [3.05, 3.63) is 53.8 Å². The van der Waals surface area contributed by atoms with Gasteiger partial charge in [-0.15, -0.1) is 0 Å². The number of carbonyl (C=O) groups is 1. The average Bonchev–Trinajstić information content (AvgIpc) is 3.03. The lowest BCUT2D eigenvalue weighted by Crippen LogP contribution is -2.26. The van der Waals surface area contributed by atoms with Gasteiger partial charge >= 0.3 is 0 Å². The number of thiazole rings is 1. The zero-order valence-electron chi connectivity index (χ0n) is 13.5. The highest BCUT2D eigenvalue weighted by Crippen LogP contribution is 2.28. The van der Waals surface area contributed by atoms with Crippen molar-refractivity contribution in [2.24, 2.45) is 0 Å². The summed E-state index contributed by atoms with van der Waals surface area (Å²) < 4.78 is 19.6. The predicted molar refractivity (Wildman–Crippen MR) is 94.3 cm³/mol. The number of carbonyl (C=O) groups excluding carboxylic acids is 1. The predicted octanol–water partition coefficient (Wildman–Crippen LogP) is 4.04. The third kappa shape index (κ3) is 3.38. The Labute approximate surface area is 143 Å². The molecule has 1 aromatic heterocycles. The van der Waals surface area contributed by atoms with E-state index in [-0.39, 0.29) is 18.1 Å². The second-order valence-corrected chi connectivity index (χ2v) is 6.39. The summed E-state index contributed by atoms with van der Waals surface area (Å²) >= 11 is 1.48. The lowest BCUT2D eigenvalue weighted by Gasteiger charge is -2.13. The molecule has 1 heterocycles. The highest BCUT2D eigenvalue weighted by atomic mass is 32.1. The number of aryl methyl sites for hydroxylation is 1. The Hall–Kier alpha value is -2.47. The zero-order chi connectivity index (χ0) is 17.1. The van der Waals surface area contributed by atoms with E-state index in [0.717, 1.165) is 15.8 Å². The summed E-state index contributed by atoms with van der Waals surface area (Å²) in [6, 6.07) is 12.5. The third-order valence-corrected chi connectivity index (χ3v) is 4.90. The van der Waals surface area contributed by atoms with Crippen molar-refractivity contribution in [3.8, 4) is 5.75 Å². The number of hydrogen-bond acceptors (Lipinski definition) is 4. The number of ether oxygens (including phenoxy) is 1. The molecule has 0 saturated heterocycles. The Balaban J connectivity index is 1.66. The Bertz CT molecular complexity index is 845. The fourth-order valence-corrected chi connectivity index (χ4v) is 3.34. The van der Waals surface area contributed by atoms with E-state index in [2.05, 4.69) is 4.98 Å². The minimum absolute atomic E-state index is 0.0507. The lowest BCUT2D eigenvalue weighted by molar-refractivity contribution is -0.118. The number of benzene rings is 2. The van der Waals surface area contributed by atoms with E-state index in [1.807, 2.05) is 24.3 Å². The van der Waals surface area contributed by atoms with Gasteiger partial charge in [-0.3, -0.25) is 9.69 Å². The molecule has 4 nitrogen and oxygen atoms in total. The second kappa shape index (κ2) is 6.97. The van der Waals surface area contributed by atoms with Crippen molar-refractivity contribution in [2.75, 3.05) is 19.1 Å². The number of halogens is 1. The summed E-state index contributed by atoms with van der Waals surface area (Å²) in [5, 5.41) is 0.669. The number of anilines is 1. The molecule has 24 heavy (non-hydrogen) atoms. The lowest BCUT2D eigenvalue weighted by atomic mass is 10.1. The molecule has 2 aromatic carbocycles. The van der Waals surface area contributed by atoms with Gasteiger partial charge in [-0.05, 0) is 36.2 Å². The number of methoxy groups -OCH3 is 1. The summed E-state index contributed by atoms with van der Waals surface area (Å²) in [6.45, 7) is 0. The van der Waals surface area contributed by atoms with Crippen LogP contribution in [0.1, 0.15) is 12.0 Å². The molecule has 0 atom stereocenters. The van der Waals surface area contributed by atoms with E-state index < -0.39 is 5.82 Å². The van der Waals surface area contributed by atoms with Gasteiger partial charge in [0.25, 0.3) is 0 Å². The quantitative estimate of drug-likeness (QED) is 0.701. The summed E-state index contributed by atoms with van der Waals surface area (Å²) in [4.78, 5) is 18.4. The van der Waals surface area contributed by atoms with Crippen molar-refractivity contribution in [1.82, 2.24) is 4.98 Å². The average molecular weight is 344 g/mol. The molecule has 0 aliphatic rings. The van der Waals surface area contributed by atoms with Crippen LogP contribution in [0.4, 0.5) is 9.52 Å². The molecule has 3 rings (SSSR count). The number of para-hydroxylation sites is 1. The molecule has 0 unspecified atom stereocenters. The van der Waals surface area contributed by atoms with Crippen LogP contribution in [0.15, 0.2) is 42.5 Å². The maximum absolute atomic E-state index is 13.7. The number of amides is 1. The Kier molecular flexibility index (Phi) is 4.76. The van der Waals surface area contributed by atoms with Crippen LogP contribution in [-0.4, -0.2) is 25.0 Å². The second-order valence-electron chi connectivity index (χ2n) is 5.39. The molecule has 0 fully saturated rings. The van der Waals surface area contributed by atoms with E-state index >= 15 is 0 Å². The molecule has 0 radical (unpaired) electrons. The van der Waals surface area contributed by atoms with Crippen LogP contribution in [0.5, 0.6) is 5.75 Å². The normalized spacial score (nSPS) is 10.8. The Morgan fingerprint density at radius 1 is 1.29 bits per heavy atom. The molecular formula is C18H17FN2O2S. The van der Waals surface area contributed by atoms with Gasteiger partial charge in [0.05, 0.1) is 17.3 Å². The molecule has 0 N–H and O–H groups in total. The van der Waals surface area contributed by atoms with Gasteiger partial charge in [0, 0.05) is 13.5 Å². The number of hydrogen-bond donors (Lipinski definition) is 0. The van der Waals surface area contributed by atoms with E-state index in [1.165, 1.54) is 24.5 Å². The van der Waals surface area contributed by atoms with Crippen molar-refractivity contribution < 1.29 is 13.9 Å². The fraction of sp³-hybridized carbons (Fsp3) is 0.222. The minimum atomic E-state index is -0.415. The first-order chi connectivity index (χ1) is 11.6. The first-order valence-electron chi connectivity index (χ1n) is 7.53. The van der Waals surface area contributed by atoms with Crippen LogP contribution in [0.2, 0.25) is 0 Å². The monoisotopic (exact) mass is 344 g/mol. The number of aromatic nitrogens is 1. The van der Waals surface area contributed by atoms with Crippen molar-refractivity contribution in [3.63, 3.8) is 0 Å². The smallest absolute Gasteiger partial charge is 0.228 e. The van der Waals surface area contributed by atoms with E-state index in [9.17, 15) is 9.18 Å². The standard InChI is InChI=1S/C18H17FN2O2S/c1-21(18-20-14-5-3-4-6-16(14)24-18)17(22)10-8-12-7-9-15(23-2)13(19)11-12/h3-7,9,11H,8,10H2,1-2H3. The topological polar surface area (TPSA) is 42.4 Å². The highest BCUT2D eigenvalue weighted by Gasteiger charge is 2.15. The maximum Gasteiger partial charge on any atom is 0.228 e. The van der Waals surface area contributed by atoms with Crippen molar-refractivity contribution in [1.29, 1.82) is 0 Å². The first-order valence-corrected chi connectivity index (χ1v) is 8.34. The maximum atomic E-state index is 13.7. The zero-order valence-corrected chi connectivity index (χ0v) is 14.3. The van der Waals surface area contributed by atoms with E-state index in [0.29, 0.717) is 11.6 Å². The van der Waals surface area contributed by atoms with Crippen LogP contribution >= 0.6 is 11.3 Å². The number of nitrogens with zero attached hydrogens (tertiary/aromatic N) is 2. The van der Waals surface area contributed by atoms with Crippen LogP contribution in [-0.2, 0) is 11.2 Å². The van der Waals surface area contributed by atoms with Crippen LogP contribution in [0, 0.1) is 5.82 Å². The molecular weight excluding hydrogens is 327 g/mol. The largest absolute Gasteiger partial charge is 0.494 e. The van der Waals surface area contributed by atoms with Gasteiger partial charge in [-0.2, -0.15) is 0 Å². The van der Waals surface area contributed by atoms with Crippen molar-refractivity contribution in [2.45, 2.75) is 12.8 Å². The summed E-state index contributed by atoms with van der Waals surface area (Å²) in [7, 11) is 3.14. The molecule has 124 valence electrons. The van der Waals surface area contributed by atoms with Gasteiger partial charge in [0.2, 0.25) is 5.91 Å². The molecule has 0 spiro atoms. The number of rotatable bonds is 5. The van der Waals surface area contributed by atoms with Crippen LogP contribution in [0.3, 0.4) is 0 Å². The van der Waals surface area contributed by atoms with Gasteiger partial charge in [-0.1, -0.05) is 29.5 Å². The molecule has 1 amide bonds. The Morgan fingerprint density at radius 2 is 2.08 bits per heavy atom. The van der Waals surface area contributed by atoms with Gasteiger partial charge in [-0.25, -0.2) is 9.37 Å². The SMILES string of the molecule is COc1ccc(CCC(=O)N(C)c2nc3ccccc3s2)cc1F. The third-order valence-electron chi connectivity index (χ3n) is 3.79.